The molecule has 0 bridgehead atoms. The second kappa shape index (κ2) is 9.86. The minimum absolute atomic E-state index is 0.268. The van der Waals surface area contributed by atoms with E-state index >= 15 is 0 Å². The van der Waals surface area contributed by atoms with Crippen molar-refractivity contribution in [3.05, 3.63) is 142 Å². The second-order valence-corrected chi connectivity index (χ2v) is 9.24. The maximum atomic E-state index is 12.7. The van der Waals surface area contributed by atoms with Crippen LogP contribution in [0.2, 0.25) is 0 Å². The van der Waals surface area contributed by atoms with Crippen molar-refractivity contribution in [2.75, 3.05) is 0 Å². The Balaban J connectivity index is 1.67. The molecule has 0 fully saturated rings. The molecule has 0 aliphatic heterocycles. The van der Waals surface area contributed by atoms with Crippen molar-refractivity contribution in [3.8, 4) is 0 Å². The first-order valence-corrected chi connectivity index (χ1v) is 12.2. The van der Waals surface area contributed by atoms with Gasteiger partial charge in [0.1, 0.15) is 6.04 Å². The van der Waals surface area contributed by atoms with Crippen molar-refractivity contribution in [1.29, 1.82) is 0 Å². The highest BCUT2D eigenvalue weighted by molar-refractivity contribution is 9.10. The number of hydrogen-bond donors (Lipinski definition) is 2. The number of aliphatic carboxylic acids is 1. The molecule has 0 saturated heterocycles. The molecule has 1 unspecified atom stereocenters. The highest BCUT2D eigenvalue weighted by Crippen LogP contribution is 2.37. The maximum absolute atomic E-state index is 12.7. The fourth-order valence-corrected chi connectivity index (χ4v) is 5.11. The Bertz CT molecular complexity index is 1340. The van der Waals surface area contributed by atoms with Crippen molar-refractivity contribution >= 4 is 27.5 Å². The molecule has 35 heavy (non-hydrogen) atoms. The van der Waals surface area contributed by atoms with Crippen molar-refractivity contribution in [2.24, 2.45) is 0 Å². The lowest BCUT2D eigenvalue weighted by Crippen LogP contribution is -2.53. The van der Waals surface area contributed by atoms with Crippen molar-refractivity contribution in [1.82, 2.24) is 14.7 Å². The predicted molar refractivity (Wildman–Crippen MR) is 140 cm³/mol. The van der Waals surface area contributed by atoms with Gasteiger partial charge in [-0.25, -0.2) is 4.98 Å². The third kappa shape index (κ3) is 4.38. The Kier molecular flexibility index (Phi) is 6.49. The number of aromatic nitrogens is 2. The number of hydrogen-bond acceptors (Lipinski definition) is 3. The number of halogens is 1. The summed E-state index contributed by atoms with van der Waals surface area (Å²) < 4.78 is 2.79. The molecule has 3 aromatic carbocycles. The van der Waals surface area contributed by atoms with E-state index < -0.39 is 17.6 Å². The van der Waals surface area contributed by atoms with Crippen LogP contribution >= 0.6 is 15.9 Å². The van der Waals surface area contributed by atoms with E-state index in [0.717, 1.165) is 32.5 Å². The first-order valence-electron chi connectivity index (χ1n) is 11.4. The lowest BCUT2D eigenvalue weighted by atomic mass is 9.76. The third-order valence-corrected chi connectivity index (χ3v) is 6.93. The number of pyridine rings is 1. The van der Waals surface area contributed by atoms with Gasteiger partial charge in [0.2, 0.25) is 0 Å². The summed E-state index contributed by atoms with van der Waals surface area (Å²) in [6.45, 7) is 0. The summed E-state index contributed by atoms with van der Waals surface area (Å²) in [7, 11) is 0. The van der Waals surface area contributed by atoms with Crippen LogP contribution in [-0.4, -0.2) is 26.5 Å². The quantitative estimate of drug-likeness (QED) is 0.256. The van der Waals surface area contributed by atoms with Crippen molar-refractivity contribution in [2.45, 2.75) is 18.0 Å². The molecule has 0 amide bonds. The highest BCUT2D eigenvalue weighted by Gasteiger charge is 2.40. The third-order valence-electron chi connectivity index (χ3n) is 6.31. The molecule has 5 aromatic rings. The molecule has 2 N–H and O–H groups in total. The lowest BCUT2D eigenvalue weighted by molar-refractivity contribution is -0.139. The van der Waals surface area contributed by atoms with Crippen LogP contribution in [0.1, 0.15) is 22.4 Å². The molecule has 174 valence electrons. The van der Waals surface area contributed by atoms with Crippen molar-refractivity contribution < 1.29 is 9.90 Å². The molecule has 0 saturated carbocycles. The van der Waals surface area contributed by atoms with E-state index in [0.29, 0.717) is 0 Å². The van der Waals surface area contributed by atoms with Gasteiger partial charge in [-0.05, 0) is 44.8 Å². The van der Waals surface area contributed by atoms with Crippen LogP contribution in [0.4, 0.5) is 0 Å². The van der Waals surface area contributed by atoms with E-state index in [1.807, 2.05) is 114 Å². The second-order valence-electron chi connectivity index (χ2n) is 8.38. The number of imidazole rings is 1. The van der Waals surface area contributed by atoms with Gasteiger partial charge in [0.25, 0.3) is 0 Å². The van der Waals surface area contributed by atoms with Crippen molar-refractivity contribution in [3.63, 3.8) is 0 Å². The lowest BCUT2D eigenvalue weighted by Gasteiger charge is -2.39. The van der Waals surface area contributed by atoms with Crippen LogP contribution < -0.4 is 5.32 Å². The first kappa shape index (κ1) is 23.0. The Hall–Kier alpha value is -3.74. The summed E-state index contributed by atoms with van der Waals surface area (Å²) in [6, 6.07) is 33.0. The van der Waals surface area contributed by atoms with E-state index in [1.54, 1.807) is 6.20 Å². The molecule has 6 heteroatoms. The van der Waals surface area contributed by atoms with Crippen LogP contribution in [-0.2, 0) is 16.8 Å². The first-order chi connectivity index (χ1) is 17.1. The number of benzene rings is 3. The number of carboxylic acid groups (broad SMARTS) is 1. The topological polar surface area (TPSA) is 66.6 Å². The zero-order chi connectivity index (χ0) is 24.3. The monoisotopic (exact) mass is 525 g/mol. The smallest absolute Gasteiger partial charge is 0.321 e. The van der Waals surface area contributed by atoms with Crippen LogP contribution in [0.25, 0.3) is 5.65 Å². The Labute approximate surface area is 212 Å². The number of carbonyl (C=O) groups is 1. The molecule has 2 aromatic heterocycles. The zero-order valence-electron chi connectivity index (χ0n) is 18.9. The van der Waals surface area contributed by atoms with E-state index in [9.17, 15) is 9.90 Å². The summed E-state index contributed by atoms with van der Waals surface area (Å²) in [5.41, 5.74) is 3.62. The van der Waals surface area contributed by atoms with Gasteiger partial charge < -0.3 is 9.51 Å². The SMILES string of the molecule is O=C(O)C(Cc1ccc(Br)c2nccn12)NC(c1ccccc1)(c1ccccc1)c1ccccc1. The Morgan fingerprint density at radius 1 is 0.857 bits per heavy atom. The molecule has 5 rings (SSSR count). The van der Waals surface area contributed by atoms with E-state index in [-0.39, 0.29) is 6.42 Å². The fraction of sp³-hybridized carbons (Fsp3) is 0.103. The number of fused-ring (bicyclic) bond motifs is 1. The van der Waals surface area contributed by atoms with Crippen LogP contribution in [0, 0.1) is 0 Å². The summed E-state index contributed by atoms with van der Waals surface area (Å²) in [5.74, 6) is -0.923. The molecule has 5 nitrogen and oxygen atoms in total. The minimum Gasteiger partial charge on any atom is -0.480 e. The highest BCUT2D eigenvalue weighted by atomic mass is 79.9. The molecule has 1 atom stereocenters. The number of nitrogens with one attached hydrogen (secondary N) is 1. The van der Waals surface area contributed by atoms with Gasteiger partial charge in [0, 0.05) is 24.5 Å². The standard InChI is InChI=1S/C29H24BrN3O2/c30-25-17-16-24(33-19-18-31-27(25)33)20-26(28(34)35)32-29(21-10-4-1-5-11-21,22-12-6-2-7-13-22)23-14-8-3-9-15-23/h1-19,26,32H,20H2,(H,34,35). The van der Waals surface area contributed by atoms with Gasteiger partial charge >= 0.3 is 5.97 Å². The van der Waals surface area contributed by atoms with E-state index in [1.165, 1.54) is 0 Å². The molecule has 0 aliphatic rings. The Morgan fingerprint density at radius 2 is 1.37 bits per heavy atom. The molecular formula is C29H24BrN3O2. The van der Waals surface area contributed by atoms with Crippen LogP contribution in [0.15, 0.2) is 120 Å². The zero-order valence-corrected chi connectivity index (χ0v) is 20.5. The average molecular weight is 526 g/mol. The van der Waals surface area contributed by atoms with Crippen LogP contribution in [0.3, 0.4) is 0 Å². The molecule has 0 spiro atoms. The van der Waals surface area contributed by atoms with Crippen LogP contribution in [0.5, 0.6) is 0 Å². The normalized spacial score (nSPS) is 12.5. The largest absolute Gasteiger partial charge is 0.480 e. The van der Waals surface area contributed by atoms with E-state index in [4.69, 9.17) is 0 Å². The summed E-state index contributed by atoms with van der Waals surface area (Å²) >= 11 is 3.53. The van der Waals surface area contributed by atoms with E-state index in [2.05, 4.69) is 26.2 Å². The molecular weight excluding hydrogens is 502 g/mol. The summed E-state index contributed by atoms with van der Waals surface area (Å²) in [6.07, 6.45) is 3.84. The van der Waals surface area contributed by atoms with Gasteiger partial charge in [-0.1, -0.05) is 91.0 Å². The average Bonchev–Trinajstić information content (AvgIpc) is 3.41. The molecule has 0 radical (unpaired) electrons. The van der Waals surface area contributed by atoms with Gasteiger partial charge in [-0.3, -0.25) is 10.1 Å². The maximum Gasteiger partial charge on any atom is 0.321 e. The van der Waals surface area contributed by atoms with Gasteiger partial charge in [0.15, 0.2) is 5.65 Å². The van der Waals surface area contributed by atoms with Gasteiger partial charge in [-0.2, -0.15) is 0 Å². The van der Waals surface area contributed by atoms with Gasteiger partial charge in [-0.15, -0.1) is 0 Å². The number of rotatable bonds is 8. The number of carboxylic acids is 1. The summed E-state index contributed by atoms with van der Waals surface area (Å²) in [5, 5.41) is 14.0. The Morgan fingerprint density at radius 3 is 1.86 bits per heavy atom. The summed E-state index contributed by atoms with van der Waals surface area (Å²) in [4.78, 5) is 17.1. The minimum atomic E-state index is -0.923. The predicted octanol–water partition coefficient (Wildman–Crippen LogP) is 5.67. The fourth-order valence-electron chi connectivity index (χ4n) is 4.69. The molecule has 0 aliphatic carbocycles. The number of nitrogens with zero attached hydrogens (tertiary/aromatic N) is 2. The molecule has 2 heterocycles. The van der Waals surface area contributed by atoms with Gasteiger partial charge in [0.05, 0.1) is 10.0 Å².